The summed E-state index contributed by atoms with van der Waals surface area (Å²) in [5.41, 5.74) is 1.63. The van der Waals surface area contributed by atoms with E-state index in [-0.39, 0.29) is 12.3 Å². The van der Waals surface area contributed by atoms with Gasteiger partial charge in [-0.1, -0.05) is 29.8 Å². The maximum absolute atomic E-state index is 11.9. The molecule has 2 heterocycles. The summed E-state index contributed by atoms with van der Waals surface area (Å²) in [5, 5.41) is 11.4. The minimum atomic E-state index is -0.101. The molecule has 0 saturated carbocycles. The topological polar surface area (TPSA) is 80.9 Å². The van der Waals surface area contributed by atoms with E-state index in [2.05, 4.69) is 20.5 Å². The van der Waals surface area contributed by atoms with E-state index < -0.39 is 0 Å². The molecule has 0 aliphatic heterocycles. The van der Waals surface area contributed by atoms with Gasteiger partial charge in [0.2, 0.25) is 17.7 Å². The Kier molecular flexibility index (Phi) is 5.18. The number of hydrogen-bond acceptors (Lipinski definition) is 5. The lowest BCUT2D eigenvalue weighted by Crippen LogP contribution is -2.23. The average Bonchev–Trinajstić information content (AvgIpc) is 3.09. The molecule has 0 unspecified atom stereocenters. The second-order valence-corrected chi connectivity index (χ2v) is 5.52. The Labute approximate surface area is 143 Å². The maximum Gasteiger partial charge on any atom is 0.249 e. The van der Waals surface area contributed by atoms with E-state index >= 15 is 0 Å². The van der Waals surface area contributed by atoms with Crippen LogP contribution in [0.1, 0.15) is 17.9 Å². The SMILES string of the molecule is O=C(CCc1nnc(-c2cccnc2)o1)NCc1ccccc1Cl. The van der Waals surface area contributed by atoms with Crippen molar-refractivity contribution >= 4 is 17.5 Å². The van der Waals surface area contributed by atoms with E-state index in [0.717, 1.165) is 11.1 Å². The highest BCUT2D eigenvalue weighted by Gasteiger charge is 2.10. The van der Waals surface area contributed by atoms with Crippen molar-refractivity contribution in [3.05, 3.63) is 65.3 Å². The van der Waals surface area contributed by atoms with Crippen LogP contribution in [0.25, 0.3) is 11.5 Å². The Bertz CT molecular complexity index is 820. The summed E-state index contributed by atoms with van der Waals surface area (Å²) in [5.74, 6) is 0.715. The smallest absolute Gasteiger partial charge is 0.249 e. The summed E-state index contributed by atoms with van der Waals surface area (Å²) < 4.78 is 5.54. The molecule has 3 rings (SSSR count). The van der Waals surface area contributed by atoms with Crippen LogP contribution in [0.4, 0.5) is 0 Å². The van der Waals surface area contributed by atoms with Crippen LogP contribution in [0.15, 0.2) is 53.2 Å². The molecule has 1 aromatic carbocycles. The Morgan fingerprint density at radius 3 is 2.83 bits per heavy atom. The van der Waals surface area contributed by atoms with Gasteiger partial charge in [0.1, 0.15) is 0 Å². The zero-order chi connectivity index (χ0) is 16.8. The van der Waals surface area contributed by atoms with Gasteiger partial charge >= 0.3 is 0 Å². The molecule has 0 atom stereocenters. The molecule has 3 aromatic rings. The highest BCUT2D eigenvalue weighted by atomic mass is 35.5. The molecule has 2 aromatic heterocycles. The maximum atomic E-state index is 11.9. The van der Waals surface area contributed by atoms with Crippen LogP contribution in [0.3, 0.4) is 0 Å². The summed E-state index contributed by atoms with van der Waals surface area (Å²) in [6.07, 6.45) is 3.96. The molecule has 6 nitrogen and oxygen atoms in total. The molecule has 0 aliphatic carbocycles. The molecule has 0 spiro atoms. The number of hydrogen-bond donors (Lipinski definition) is 1. The minimum Gasteiger partial charge on any atom is -0.421 e. The molecule has 0 aliphatic rings. The standard InChI is InChI=1S/C17H15ClN4O2/c18-14-6-2-1-4-12(14)11-20-15(23)7-8-16-21-22-17(24-16)13-5-3-9-19-10-13/h1-6,9-10H,7-8,11H2,(H,20,23). The highest BCUT2D eigenvalue weighted by Crippen LogP contribution is 2.17. The largest absolute Gasteiger partial charge is 0.421 e. The predicted octanol–water partition coefficient (Wildman–Crippen LogP) is 3.03. The van der Waals surface area contributed by atoms with Gasteiger partial charge in [-0.15, -0.1) is 10.2 Å². The zero-order valence-corrected chi connectivity index (χ0v) is 13.5. The molecule has 0 radical (unpaired) electrons. The summed E-state index contributed by atoms with van der Waals surface area (Å²) in [6, 6.07) is 11.0. The average molecular weight is 343 g/mol. The van der Waals surface area contributed by atoms with Crippen LogP contribution >= 0.6 is 11.6 Å². The summed E-state index contributed by atoms with van der Waals surface area (Å²) in [7, 11) is 0. The Morgan fingerprint density at radius 2 is 2.04 bits per heavy atom. The molecule has 0 bridgehead atoms. The van der Waals surface area contributed by atoms with Crippen molar-refractivity contribution < 1.29 is 9.21 Å². The van der Waals surface area contributed by atoms with E-state index in [1.54, 1.807) is 24.5 Å². The third-order valence-electron chi connectivity index (χ3n) is 3.38. The van der Waals surface area contributed by atoms with Crippen molar-refractivity contribution in [1.82, 2.24) is 20.5 Å². The first-order chi connectivity index (χ1) is 11.7. The normalized spacial score (nSPS) is 10.5. The van der Waals surface area contributed by atoms with Crippen LogP contribution in [-0.4, -0.2) is 21.1 Å². The highest BCUT2D eigenvalue weighted by molar-refractivity contribution is 6.31. The number of aryl methyl sites for hydroxylation is 1. The number of rotatable bonds is 6. The van der Waals surface area contributed by atoms with Crippen LogP contribution < -0.4 is 5.32 Å². The first kappa shape index (κ1) is 16.1. The lowest BCUT2D eigenvalue weighted by molar-refractivity contribution is -0.121. The Hall–Kier alpha value is -2.73. The van der Waals surface area contributed by atoms with E-state index in [9.17, 15) is 4.79 Å². The van der Waals surface area contributed by atoms with Gasteiger partial charge in [0.25, 0.3) is 0 Å². The number of carbonyl (C=O) groups excluding carboxylic acids is 1. The van der Waals surface area contributed by atoms with Crippen molar-refractivity contribution in [3.63, 3.8) is 0 Å². The van der Waals surface area contributed by atoms with Crippen LogP contribution in [0.2, 0.25) is 5.02 Å². The molecular weight excluding hydrogens is 328 g/mol. The number of halogens is 1. The number of nitrogens with zero attached hydrogens (tertiary/aromatic N) is 3. The number of nitrogens with one attached hydrogen (secondary N) is 1. The fraction of sp³-hybridized carbons (Fsp3) is 0.176. The lowest BCUT2D eigenvalue weighted by atomic mass is 10.2. The second-order valence-electron chi connectivity index (χ2n) is 5.11. The molecule has 0 saturated heterocycles. The Morgan fingerprint density at radius 1 is 1.17 bits per heavy atom. The van der Waals surface area contributed by atoms with Crippen molar-refractivity contribution in [2.75, 3.05) is 0 Å². The van der Waals surface area contributed by atoms with E-state index in [0.29, 0.717) is 29.8 Å². The number of aromatic nitrogens is 3. The zero-order valence-electron chi connectivity index (χ0n) is 12.8. The van der Waals surface area contributed by atoms with Gasteiger partial charge < -0.3 is 9.73 Å². The van der Waals surface area contributed by atoms with Crippen LogP contribution in [-0.2, 0) is 17.8 Å². The quantitative estimate of drug-likeness (QED) is 0.744. The van der Waals surface area contributed by atoms with Gasteiger partial charge in [0, 0.05) is 36.8 Å². The molecule has 122 valence electrons. The summed E-state index contributed by atoms with van der Waals surface area (Å²) in [6.45, 7) is 0.392. The van der Waals surface area contributed by atoms with Crippen molar-refractivity contribution in [1.29, 1.82) is 0 Å². The van der Waals surface area contributed by atoms with Crippen molar-refractivity contribution in [2.45, 2.75) is 19.4 Å². The van der Waals surface area contributed by atoms with Gasteiger partial charge in [-0.3, -0.25) is 9.78 Å². The van der Waals surface area contributed by atoms with Gasteiger partial charge in [0.05, 0.1) is 5.56 Å². The van der Waals surface area contributed by atoms with E-state index in [1.165, 1.54) is 0 Å². The number of pyridine rings is 1. The fourth-order valence-corrected chi connectivity index (χ4v) is 2.31. The van der Waals surface area contributed by atoms with Crippen molar-refractivity contribution in [3.8, 4) is 11.5 Å². The van der Waals surface area contributed by atoms with E-state index in [4.69, 9.17) is 16.0 Å². The number of carbonyl (C=O) groups is 1. The second kappa shape index (κ2) is 7.70. The predicted molar refractivity (Wildman–Crippen MR) is 89.1 cm³/mol. The first-order valence-electron chi connectivity index (χ1n) is 7.45. The van der Waals surface area contributed by atoms with E-state index in [1.807, 2.05) is 24.3 Å². The van der Waals surface area contributed by atoms with Gasteiger partial charge in [-0.2, -0.15) is 0 Å². The summed E-state index contributed by atoms with van der Waals surface area (Å²) >= 11 is 6.05. The molecule has 7 heteroatoms. The summed E-state index contributed by atoms with van der Waals surface area (Å²) in [4.78, 5) is 15.9. The third-order valence-corrected chi connectivity index (χ3v) is 3.74. The third kappa shape index (κ3) is 4.17. The van der Waals surface area contributed by atoms with Crippen molar-refractivity contribution in [2.24, 2.45) is 0 Å². The monoisotopic (exact) mass is 342 g/mol. The molecule has 0 fully saturated rings. The molecular formula is C17H15ClN4O2. The molecule has 24 heavy (non-hydrogen) atoms. The van der Waals surface area contributed by atoms with Crippen LogP contribution in [0, 0.1) is 0 Å². The minimum absolute atomic E-state index is 0.101. The Balaban J connectivity index is 1.50. The van der Waals surface area contributed by atoms with Crippen LogP contribution in [0.5, 0.6) is 0 Å². The number of benzene rings is 1. The molecule has 1 amide bonds. The molecule has 1 N–H and O–H groups in total. The van der Waals surface area contributed by atoms with Gasteiger partial charge in [-0.05, 0) is 23.8 Å². The van der Waals surface area contributed by atoms with Gasteiger partial charge in [0.15, 0.2) is 0 Å². The first-order valence-corrected chi connectivity index (χ1v) is 7.83. The lowest BCUT2D eigenvalue weighted by Gasteiger charge is -2.06. The number of amides is 1. The fourth-order valence-electron chi connectivity index (χ4n) is 2.10. The van der Waals surface area contributed by atoms with Gasteiger partial charge in [-0.25, -0.2) is 0 Å².